The van der Waals surface area contributed by atoms with Crippen LogP contribution in [-0.4, -0.2) is 10.2 Å². The molecule has 0 fully saturated rings. The molecule has 3 nitrogen and oxygen atoms in total. The highest BCUT2D eigenvalue weighted by Crippen LogP contribution is 2.34. The zero-order chi connectivity index (χ0) is 15.2. The van der Waals surface area contributed by atoms with E-state index in [0.29, 0.717) is 22.6 Å². The van der Waals surface area contributed by atoms with Crippen molar-refractivity contribution in [1.29, 1.82) is 0 Å². The van der Waals surface area contributed by atoms with Crippen molar-refractivity contribution in [2.45, 2.75) is 12.2 Å². The number of aliphatic hydroxyl groups is 2. The van der Waals surface area contributed by atoms with Crippen LogP contribution in [0.25, 0.3) is 0 Å². The van der Waals surface area contributed by atoms with Crippen molar-refractivity contribution < 1.29 is 14.9 Å². The predicted molar refractivity (Wildman–Crippen MR) is 83.3 cm³/mol. The van der Waals surface area contributed by atoms with Gasteiger partial charge in [0.25, 0.3) is 0 Å². The standard InChI is InChI=1S/C18H18O3/c1-3-15(19)13-9-5-7-11-17(13)21-18-12-8-6-10-14(18)16(20)4-2/h3-12,15-16,19-20H,1-2H2. The first-order chi connectivity index (χ1) is 10.2. The number of benzene rings is 2. The molecule has 0 aliphatic rings. The number of hydrogen-bond acceptors (Lipinski definition) is 3. The fraction of sp³-hybridized carbons (Fsp3) is 0.111. The van der Waals surface area contributed by atoms with Crippen LogP contribution < -0.4 is 4.74 Å². The maximum Gasteiger partial charge on any atom is 0.133 e. The molecule has 2 aromatic carbocycles. The number of para-hydroxylation sites is 2. The van der Waals surface area contributed by atoms with Gasteiger partial charge in [0.05, 0.1) is 0 Å². The van der Waals surface area contributed by atoms with Gasteiger partial charge in [-0.3, -0.25) is 0 Å². The molecule has 0 heterocycles. The summed E-state index contributed by atoms with van der Waals surface area (Å²) in [7, 11) is 0. The zero-order valence-electron chi connectivity index (χ0n) is 11.6. The summed E-state index contributed by atoms with van der Waals surface area (Å²) in [5, 5.41) is 19.9. The second kappa shape index (κ2) is 6.88. The van der Waals surface area contributed by atoms with Crippen molar-refractivity contribution >= 4 is 0 Å². The minimum Gasteiger partial charge on any atom is -0.457 e. The van der Waals surface area contributed by atoms with Crippen LogP contribution in [0.4, 0.5) is 0 Å². The fourth-order valence-electron chi connectivity index (χ4n) is 2.01. The predicted octanol–water partition coefficient (Wildman–Crippen LogP) is 3.92. The van der Waals surface area contributed by atoms with Crippen molar-refractivity contribution in [2.24, 2.45) is 0 Å². The Morgan fingerprint density at radius 2 is 1.14 bits per heavy atom. The van der Waals surface area contributed by atoms with E-state index in [2.05, 4.69) is 13.2 Å². The summed E-state index contributed by atoms with van der Waals surface area (Å²) in [5.74, 6) is 1.04. The van der Waals surface area contributed by atoms with E-state index < -0.39 is 12.2 Å². The topological polar surface area (TPSA) is 49.7 Å². The van der Waals surface area contributed by atoms with E-state index in [0.717, 1.165) is 0 Å². The van der Waals surface area contributed by atoms with Gasteiger partial charge in [0.15, 0.2) is 0 Å². The van der Waals surface area contributed by atoms with Crippen LogP contribution in [0.3, 0.4) is 0 Å². The molecule has 3 heteroatoms. The summed E-state index contributed by atoms with van der Waals surface area (Å²) in [6.45, 7) is 7.17. The second-order valence-corrected chi connectivity index (χ2v) is 4.54. The van der Waals surface area contributed by atoms with Crippen molar-refractivity contribution in [3.63, 3.8) is 0 Å². The summed E-state index contributed by atoms with van der Waals surface area (Å²) in [5.41, 5.74) is 1.24. The van der Waals surface area contributed by atoms with E-state index in [9.17, 15) is 10.2 Å². The average molecular weight is 282 g/mol. The largest absolute Gasteiger partial charge is 0.457 e. The van der Waals surface area contributed by atoms with Gasteiger partial charge in [0.2, 0.25) is 0 Å². The molecular weight excluding hydrogens is 264 g/mol. The van der Waals surface area contributed by atoms with Crippen LogP contribution >= 0.6 is 0 Å². The van der Waals surface area contributed by atoms with Crippen molar-refractivity contribution in [1.82, 2.24) is 0 Å². The minimum absolute atomic E-state index is 0.522. The fourth-order valence-corrected chi connectivity index (χ4v) is 2.01. The molecule has 0 aliphatic heterocycles. The highest BCUT2D eigenvalue weighted by molar-refractivity contribution is 5.44. The minimum atomic E-state index is -0.808. The summed E-state index contributed by atoms with van der Waals surface area (Å²) in [6, 6.07) is 14.3. The molecule has 21 heavy (non-hydrogen) atoms. The third-order valence-electron chi connectivity index (χ3n) is 3.14. The van der Waals surface area contributed by atoms with Crippen LogP contribution in [0.1, 0.15) is 23.3 Å². The van der Waals surface area contributed by atoms with Crippen LogP contribution in [0.2, 0.25) is 0 Å². The Morgan fingerprint density at radius 1 is 0.762 bits per heavy atom. The van der Waals surface area contributed by atoms with Crippen molar-refractivity contribution in [3.8, 4) is 11.5 Å². The molecule has 0 aromatic heterocycles. The number of ether oxygens (including phenoxy) is 1. The Bertz CT molecular complexity index is 578. The lowest BCUT2D eigenvalue weighted by Crippen LogP contribution is -2.00. The van der Waals surface area contributed by atoms with Crippen LogP contribution in [0.5, 0.6) is 11.5 Å². The highest BCUT2D eigenvalue weighted by Gasteiger charge is 2.14. The maximum absolute atomic E-state index is 9.95. The Hall–Kier alpha value is -2.36. The van der Waals surface area contributed by atoms with E-state index in [1.807, 2.05) is 24.3 Å². The van der Waals surface area contributed by atoms with Gasteiger partial charge in [-0.15, -0.1) is 13.2 Å². The van der Waals surface area contributed by atoms with Crippen molar-refractivity contribution in [3.05, 3.63) is 85.0 Å². The van der Waals surface area contributed by atoms with Crippen molar-refractivity contribution in [2.75, 3.05) is 0 Å². The molecule has 0 bridgehead atoms. The lowest BCUT2D eigenvalue weighted by Gasteiger charge is -2.17. The van der Waals surface area contributed by atoms with Gasteiger partial charge >= 0.3 is 0 Å². The molecule has 0 saturated heterocycles. The molecule has 2 rings (SSSR count). The van der Waals surface area contributed by atoms with E-state index in [1.165, 1.54) is 12.2 Å². The van der Waals surface area contributed by atoms with E-state index in [-0.39, 0.29) is 0 Å². The summed E-state index contributed by atoms with van der Waals surface area (Å²) in [4.78, 5) is 0. The van der Waals surface area contributed by atoms with Gasteiger partial charge < -0.3 is 14.9 Å². The van der Waals surface area contributed by atoms with Gasteiger partial charge in [-0.2, -0.15) is 0 Å². The SMILES string of the molecule is C=CC(O)c1ccccc1Oc1ccccc1C(O)C=C. The highest BCUT2D eigenvalue weighted by atomic mass is 16.5. The third kappa shape index (κ3) is 3.40. The number of rotatable bonds is 6. The molecule has 0 amide bonds. The first-order valence-corrected chi connectivity index (χ1v) is 6.64. The van der Waals surface area contributed by atoms with Gasteiger partial charge in [0, 0.05) is 11.1 Å². The molecule has 2 aromatic rings. The van der Waals surface area contributed by atoms with Crippen LogP contribution in [0, 0.1) is 0 Å². The van der Waals surface area contributed by atoms with Crippen LogP contribution in [-0.2, 0) is 0 Å². The Labute approximate surface area is 124 Å². The molecule has 2 unspecified atom stereocenters. The Morgan fingerprint density at radius 3 is 1.52 bits per heavy atom. The number of hydrogen-bond donors (Lipinski definition) is 2. The number of aliphatic hydroxyl groups excluding tert-OH is 2. The quantitative estimate of drug-likeness (QED) is 0.790. The van der Waals surface area contributed by atoms with Gasteiger partial charge in [0.1, 0.15) is 23.7 Å². The lowest BCUT2D eigenvalue weighted by molar-refractivity contribution is 0.220. The molecule has 0 radical (unpaired) electrons. The van der Waals surface area contributed by atoms with Gasteiger partial charge in [-0.1, -0.05) is 48.6 Å². The third-order valence-corrected chi connectivity index (χ3v) is 3.14. The molecule has 2 N–H and O–H groups in total. The first kappa shape index (κ1) is 15.0. The van der Waals surface area contributed by atoms with Gasteiger partial charge in [-0.25, -0.2) is 0 Å². The molecule has 2 atom stereocenters. The van der Waals surface area contributed by atoms with E-state index >= 15 is 0 Å². The molecular formula is C18H18O3. The molecule has 0 spiro atoms. The maximum atomic E-state index is 9.95. The normalized spacial score (nSPS) is 13.2. The summed E-state index contributed by atoms with van der Waals surface area (Å²) < 4.78 is 5.87. The summed E-state index contributed by atoms with van der Waals surface area (Å²) in [6.07, 6.45) is 1.26. The molecule has 108 valence electrons. The van der Waals surface area contributed by atoms with E-state index in [4.69, 9.17) is 4.74 Å². The average Bonchev–Trinajstić information content (AvgIpc) is 2.54. The zero-order valence-corrected chi connectivity index (χ0v) is 11.6. The first-order valence-electron chi connectivity index (χ1n) is 6.64. The summed E-state index contributed by atoms with van der Waals surface area (Å²) >= 11 is 0. The van der Waals surface area contributed by atoms with Crippen LogP contribution in [0.15, 0.2) is 73.8 Å². The van der Waals surface area contributed by atoms with Gasteiger partial charge in [-0.05, 0) is 12.1 Å². The smallest absolute Gasteiger partial charge is 0.133 e. The lowest BCUT2D eigenvalue weighted by atomic mass is 10.1. The Balaban J connectivity index is 2.39. The molecule has 0 aliphatic carbocycles. The second-order valence-electron chi connectivity index (χ2n) is 4.54. The van der Waals surface area contributed by atoms with E-state index in [1.54, 1.807) is 24.3 Å². The molecule has 0 saturated carbocycles. The monoisotopic (exact) mass is 282 g/mol. The Kier molecular flexibility index (Phi) is 4.93.